The van der Waals surface area contributed by atoms with Crippen molar-refractivity contribution in [3.63, 3.8) is 0 Å². The molecule has 0 unspecified atom stereocenters. The summed E-state index contributed by atoms with van der Waals surface area (Å²) in [5, 5.41) is 4.01. The van der Waals surface area contributed by atoms with Crippen molar-refractivity contribution in [2.75, 3.05) is 47.6 Å². The van der Waals surface area contributed by atoms with Crippen LogP contribution in [0.1, 0.15) is 5.56 Å². The lowest BCUT2D eigenvalue weighted by atomic mass is 10.3. The van der Waals surface area contributed by atoms with Gasteiger partial charge in [0.25, 0.3) is 0 Å². The number of rotatable bonds is 10. The molecule has 0 bridgehead atoms. The number of hydrogen-bond acceptors (Lipinski definition) is 5. The molecule has 1 heterocycles. The Kier molecular flexibility index (Phi) is 12.4. The van der Waals surface area contributed by atoms with Gasteiger partial charge in [-0.1, -0.05) is 17.7 Å². The van der Waals surface area contributed by atoms with E-state index in [2.05, 4.69) is 15.3 Å². The molecule has 1 aromatic heterocycles. The quantitative estimate of drug-likeness (QED) is 0.218. The topological polar surface area (TPSA) is 68.2 Å². The number of pyridine rings is 1. The van der Waals surface area contributed by atoms with Crippen LogP contribution in [0.3, 0.4) is 0 Å². The lowest BCUT2D eigenvalue weighted by molar-refractivity contribution is 0.143. The Hall–Kier alpha value is -1.78. The standard InChI is InChI=1S/C20H27ClN4O3.HI/c1-22-20(25(2)10-11-27-18-7-5-17(21)6-8-18)24-15-16-4-9-19(23-14-16)28-13-12-26-3;/h4-9,14H,10-13,15H2,1-3H3,(H,22,24);1H. The molecule has 1 N–H and O–H groups in total. The molecule has 0 aliphatic heterocycles. The molecule has 2 rings (SSSR count). The summed E-state index contributed by atoms with van der Waals surface area (Å²) in [7, 11) is 5.36. The zero-order valence-corrected chi connectivity index (χ0v) is 20.0. The van der Waals surface area contributed by atoms with Gasteiger partial charge in [0.15, 0.2) is 5.96 Å². The minimum Gasteiger partial charge on any atom is -0.492 e. The maximum atomic E-state index is 5.87. The molecule has 29 heavy (non-hydrogen) atoms. The molecule has 0 fully saturated rings. The molecular weight excluding hydrogens is 507 g/mol. The fraction of sp³-hybridized carbons (Fsp3) is 0.400. The van der Waals surface area contributed by atoms with Gasteiger partial charge in [0, 0.05) is 45.0 Å². The lowest BCUT2D eigenvalue weighted by Crippen LogP contribution is -2.40. The molecule has 0 aliphatic rings. The van der Waals surface area contributed by atoms with E-state index in [4.69, 9.17) is 25.8 Å². The second-order valence-corrected chi connectivity index (χ2v) is 6.41. The summed E-state index contributed by atoms with van der Waals surface area (Å²) in [4.78, 5) is 10.6. The Morgan fingerprint density at radius 2 is 1.86 bits per heavy atom. The predicted molar refractivity (Wildman–Crippen MR) is 127 cm³/mol. The third-order valence-electron chi connectivity index (χ3n) is 3.87. The Bertz CT molecular complexity index is 730. The van der Waals surface area contributed by atoms with E-state index in [1.807, 2.05) is 48.3 Å². The van der Waals surface area contributed by atoms with E-state index in [-0.39, 0.29) is 24.0 Å². The molecule has 0 aliphatic carbocycles. The van der Waals surface area contributed by atoms with E-state index in [0.29, 0.717) is 43.8 Å². The van der Waals surface area contributed by atoms with Gasteiger partial charge in [0.1, 0.15) is 19.0 Å². The zero-order valence-electron chi connectivity index (χ0n) is 16.9. The number of benzene rings is 1. The summed E-state index contributed by atoms with van der Waals surface area (Å²) >= 11 is 5.87. The van der Waals surface area contributed by atoms with Crippen molar-refractivity contribution in [2.45, 2.75) is 6.54 Å². The van der Waals surface area contributed by atoms with E-state index in [1.54, 1.807) is 20.4 Å². The number of aliphatic imine (C=N–C) groups is 1. The van der Waals surface area contributed by atoms with Crippen molar-refractivity contribution >= 4 is 41.5 Å². The summed E-state index contributed by atoms with van der Waals surface area (Å²) in [6, 6.07) is 11.1. The Balaban J connectivity index is 0.00000420. The fourth-order valence-corrected chi connectivity index (χ4v) is 2.46. The van der Waals surface area contributed by atoms with Gasteiger partial charge in [-0.3, -0.25) is 4.99 Å². The highest BCUT2D eigenvalue weighted by Gasteiger charge is 2.06. The van der Waals surface area contributed by atoms with E-state index in [0.717, 1.165) is 17.3 Å². The van der Waals surface area contributed by atoms with Crippen molar-refractivity contribution in [3.8, 4) is 11.6 Å². The van der Waals surface area contributed by atoms with Crippen LogP contribution in [0.5, 0.6) is 11.6 Å². The number of halogens is 2. The van der Waals surface area contributed by atoms with Crippen molar-refractivity contribution < 1.29 is 14.2 Å². The predicted octanol–water partition coefficient (Wildman–Crippen LogP) is 3.46. The summed E-state index contributed by atoms with van der Waals surface area (Å²) in [6.07, 6.45) is 1.78. The molecule has 160 valence electrons. The largest absolute Gasteiger partial charge is 0.492 e. The number of ether oxygens (including phenoxy) is 3. The van der Waals surface area contributed by atoms with Gasteiger partial charge in [-0.15, -0.1) is 24.0 Å². The van der Waals surface area contributed by atoms with Gasteiger partial charge < -0.3 is 24.4 Å². The van der Waals surface area contributed by atoms with E-state index < -0.39 is 0 Å². The molecule has 0 atom stereocenters. The third kappa shape index (κ3) is 9.51. The average molecular weight is 535 g/mol. The van der Waals surface area contributed by atoms with Crippen LogP contribution in [-0.4, -0.2) is 63.4 Å². The van der Waals surface area contributed by atoms with Crippen LogP contribution in [0, 0.1) is 0 Å². The molecule has 2 aromatic rings. The maximum absolute atomic E-state index is 5.87. The Labute approximate surface area is 194 Å². The number of aromatic nitrogens is 1. The van der Waals surface area contributed by atoms with E-state index >= 15 is 0 Å². The molecule has 0 saturated heterocycles. The molecule has 0 saturated carbocycles. The van der Waals surface area contributed by atoms with E-state index in [1.165, 1.54) is 0 Å². The Morgan fingerprint density at radius 1 is 1.10 bits per heavy atom. The van der Waals surface area contributed by atoms with Gasteiger partial charge in [-0.05, 0) is 29.8 Å². The van der Waals surface area contributed by atoms with Crippen LogP contribution in [0.4, 0.5) is 0 Å². The average Bonchev–Trinajstić information content (AvgIpc) is 2.71. The van der Waals surface area contributed by atoms with Crippen molar-refractivity contribution in [1.82, 2.24) is 15.2 Å². The monoisotopic (exact) mass is 534 g/mol. The number of nitrogens with zero attached hydrogens (tertiary/aromatic N) is 3. The maximum Gasteiger partial charge on any atom is 0.213 e. The molecule has 9 heteroatoms. The molecule has 0 spiro atoms. The van der Waals surface area contributed by atoms with Crippen LogP contribution >= 0.6 is 35.6 Å². The number of nitrogens with one attached hydrogen (secondary N) is 1. The highest BCUT2D eigenvalue weighted by molar-refractivity contribution is 14.0. The molecule has 0 radical (unpaired) electrons. The highest BCUT2D eigenvalue weighted by Crippen LogP contribution is 2.15. The first-order valence-electron chi connectivity index (χ1n) is 8.99. The Morgan fingerprint density at radius 3 is 2.48 bits per heavy atom. The van der Waals surface area contributed by atoms with E-state index in [9.17, 15) is 0 Å². The number of methoxy groups -OCH3 is 1. The van der Waals surface area contributed by atoms with Crippen molar-refractivity contribution in [3.05, 3.63) is 53.2 Å². The highest BCUT2D eigenvalue weighted by atomic mass is 127. The van der Waals surface area contributed by atoms with Crippen molar-refractivity contribution in [2.24, 2.45) is 4.99 Å². The fourth-order valence-electron chi connectivity index (χ4n) is 2.33. The second-order valence-electron chi connectivity index (χ2n) is 5.97. The molecule has 7 nitrogen and oxygen atoms in total. The van der Waals surface area contributed by atoms with Gasteiger partial charge in [-0.2, -0.15) is 0 Å². The minimum absolute atomic E-state index is 0. The van der Waals surface area contributed by atoms with Crippen LogP contribution in [0.25, 0.3) is 0 Å². The molecule has 1 aromatic carbocycles. The molecule has 0 amide bonds. The second kappa shape index (κ2) is 14.2. The normalized spacial score (nSPS) is 10.8. The number of hydrogen-bond donors (Lipinski definition) is 1. The lowest BCUT2D eigenvalue weighted by Gasteiger charge is -2.22. The first kappa shape index (κ1) is 25.3. The summed E-state index contributed by atoms with van der Waals surface area (Å²) in [6.45, 7) is 2.85. The number of guanidine groups is 1. The van der Waals surface area contributed by atoms with Gasteiger partial charge in [-0.25, -0.2) is 4.98 Å². The summed E-state index contributed by atoms with van der Waals surface area (Å²) in [5.41, 5.74) is 1.03. The van der Waals surface area contributed by atoms with Crippen LogP contribution in [0.15, 0.2) is 47.6 Å². The van der Waals surface area contributed by atoms with Crippen LogP contribution in [-0.2, 0) is 11.3 Å². The summed E-state index contributed by atoms with van der Waals surface area (Å²) < 4.78 is 16.1. The van der Waals surface area contributed by atoms with Crippen LogP contribution < -0.4 is 14.8 Å². The first-order valence-corrected chi connectivity index (χ1v) is 9.37. The summed E-state index contributed by atoms with van der Waals surface area (Å²) in [5.74, 6) is 2.15. The molecular formula is C20H28ClIN4O3. The third-order valence-corrected chi connectivity index (χ3v) is 4.12. The minimum atomic E-state index is 0. The smallest absolute Gasteiger partial charge is 0.213 e. The van der Waals surface area contributed by atoms with Gasteiger partial charge in [0.2, 0.25) is 5.88 Å². The first-order chi connectivity index (χ1) is 13.6. The zero-order chi connectivity index (χ0) is 20.2. The van der Waals surface area contributed by atoms with Gasteiger partial charge in [0.05, 0.1) is 13.2 Å². The number of likely N-dealkylation sites (N-methyl/N-ethyl adjacent to an activating group) is 1. The SMILES string of the molecule is CN=C(NCc1ccc(OCCOC)nc1)N(C)CCOc1ccc(Cl)cc1.I. The van der Waals surface area contributed by atoms with Crippen molar-refractivity contribution in [1.29, 1.82) is 0 Å². The van der Waals surface area contributed by atoms with Crippen LogP contribution in [0.2, 0.25) is 5.02 Å². The van der Waals surface area contributed by atoms with Gasteiger partial charge >= 0.3 is 0 Å².